The van der Waals surface area contributed by atoms with Crippen LogP contribution in [0.15, 0.2) is 35.4 Å². The van der Waals surface area contributed by atoms with Crippen LogP contribution in [-0.4, -0.2) is 20.9 Å². The fourth-order valence-electron chi connectivity index (χ4n) is 1.66. The molecule has 0 radical (unpaired) electrons. The highest BCUT2D eigenvalue weighted by atomic mass is 16.2. The standard InChI is InChI=1S/C12H14N4O2/c1-2-8(9-5-3-4-6-13-9)15-11(17)10-7-14-12(18)16-10/h3-8H,2H2,1H3,(H,15,17)(H2,14,16,18). The minimum absolute atomic E-state index is 0.169. The number of imidazole rings is 1. The number of aromatic amines is 2. The van der Waals surface area contributed by atoms with Crippen molar-refractivity contribution in [2.45, 2.75) is 19.4 Å². The molecule has 1 unspecified atom stereocenters. The highest BCUT2D eigenvalue weighted by Crippen LogP contribution is 2.13. The van der Waals surface area contributed by atoms with Crippen LogP contribution in [-0.2, 0) is 0 Å². The van der Waals surface area contributed by atoms with Crippen LogP contribution in [0.1, 0.15) is 35.6 Å². The second-order valence-corrected chi connectivity index (χ2v) is 3.85. The second-order valence-electron chi connectivity index (χ2n) is 3.85. The molecule has 0 saturated heterocycles. The van der Waals surface area contributed by atoms with Crippen molar-refractivity contribution in [1.82, 2.24) is 20.3 Å². The van der Waals surface area contributed by atoms with Gasteiger partial charge < -0.3 is 15.3 Å². The maximum atomic E-state index is 11.9. The molecule has 1 atom stereocenters. The van der Waals surface area contributed by atoms with Crippen LogP contribution < -0.4 is 11.0 Å². The van der Waals surface area contributed by atoms with Crippen molar-refractivity contribution in [2.75, 3.05) is 0 Å². The molecule has 0 aliphatic rings. The summed E-state index contributed by atoms with van der Waals surface area (Å²) in [5.74, 6) is -0.328. The summed E-state index contributed by atoms with van der Waals surface area (Å²) in [5.41, 5.74) is 0.617. The predicted octanol–water partition coefficient (Wildman–Crippen LogP) is 0.979. The average Bonchev–Trinajstić information content (AvgIpc) is 2.83. The van der Waals surface area contributed by atoms with E-state index >= 15 is 0 Å². The zero-order valence-electron chi connectivity index (χ0n) is 9.93. The van der Waals surface area contributed by atoms with Crippen LogP contribution >= 0.6 is 0 Å². The van der Waals surface area contributed by atoms with Gasteiger partial charge in [0.15, 0.2) is 0 Å². The van der Waals surface area contributed by atoms with Gasteiger partial charge in [-0.3, -0.25) is 9.78 Å². The number of pyridine rings is 1. The number of rotatable bonds is 4. The van der Waals surface area contributed by atoms with Crippen molar-refractivity contribution in [3.8, 4) is 0 Å². The minimum atomic E-state index is -0.397. The lowest BCUT2D eigenvalue weighted by Gasteiger charge is -2.15. The SMILES string of the molecule is CCC(NC(=O)c1c[nH]c(=O)[nH]1)c1ccccn1. The maximum Gasteiger partial charge on any atom is 0.323 e. The summed E-state index contributed by atoms with van der Waals surface area (Å²) in [6.45, 7) is 1.96. The first-order chi connectivity index (χ1) is 8.70. The van der Waals surface area contributed by atoms with Crippen LogP contribution in [0.4, 0.5) is 0 Å². The molecule has 0 aliphatic carbocycles. The molecule has 0 saturated carbocycles. The predicted molar refractivity (Wildman–Crippen MR) is 66.1 cm³/mol. The zero-order valence-corrected chi connectivity index (χ0v) is 9.93. The first kappa shape index (κ1) is 12.1. The lowest BCUT2D eigenvalue weighted by Crippen LogP contribution is -2.29. The number of nitrogens with zero attached hydrogens (tertiary/aromatic N) is 1. The van der Waals surface area contributed by atoms with Gasteiger partial charge in [0, 0.05) is 12.4 Å². The van der Waals surface area contributed by atoms with Crippen LogP contribution in [0.5, 0.6) is 0 Å². The molecule has 18 heavy (non-hydrogen) atoms. The van der Waals surface area contributed by atoms with Crippen molar-refractivity contribution < 1.29 is 4.79 Å². The smallest absolute Gasteiger partial charge is 0.323 e. The molecule has 2 heterocycles. The average molecular weight is 246 g/mol. The van der Waals surface area contributed by atoms with E-state index in [0.717, 1.165) is 12.1 Å². The number of amides is 1. The molecule has 94 valence electrons. The third-order valence-corrected chi connectivity index (χ3v) is 2.60. The molecular formula is C12H14N4O2. The van der Waals surface area contributed by atoms with E-state index in [1.807, 2.05) is 25.1 Å². The lowest BCUT2D eigenvalue weighted by atomic mass is 10.1. The Hall–Kier alpha value is -2.37. The van der Waals surface area contributed by atoms with E-state index in [4.69, 9.17) is 0 Å². The fraction of sp³-hybridized carbons (Fsp3) is 0.250. The summed E-state index contributed by atoms with van der Waals surface area (Å²) in [5, 5.41) is 2.82. The Labute approximate surface area is 103 Å². The number of nitrogens with one attached hydrogen (secondary N) is 3. The van der Waals surface area contributed by atoms with Crippen molar-refractivity contribution in [3.63, 3.8) is 0 Å². The van der Waals surface area contributed by atoms with Crippen molar-refractivity contribution >= 4 is 5.91 Å². The summed E-state index contributed by atoms with van der Waals surface area (Å²) in [7, 11) is 0. The normalized spacial score (nSPS) is 12.1. The van der Waals surface area contributed by atoms with Gasteiger partial charge in [0.25, 0.3) is 5.91 Å². The van der Waals surface area contributed by atoms with Crippen LogP contribution in [0.3, 0.4) is 0 Å². The molecule has 6 heteroatoms. The highest BCUT2D eigenvalue weighted by Gasteiger charge is 2.15. The molecule has 2 aromatic heterocycles. The van der Waals surface area contributed by atoms with Crippen molar-refractivity contribution in [1.29, 1.82) is 0 Å². The van der Waals surface area contributed by atoms with E-state index in [2.05, 4.69) is 20.3 Å². The molecule has 0 aromatic carbocycles. The summed E-state index contributed by atoms with van der Waals surface area (Å²) in [6.07, 6.45) is 3.75. The summed E-state index contributed by atoms with van der Waals surface area (Å²) in [4.78, 5) is 31.8. The van der Waals surface area contributed by atoms with Crippen LogP contribution in [0.2, 0.25) is 0 Å². The molecule has 2 rings (SSSR count). The van der Waals surface area contributed by atoms with Crippen molar-refractivity contribution in [3.05, 3.63) is 52.5 Å². The van der Waals surface area contributed by atoms with Gasteiger partial charge in [-0.2, -0.15) is 0 Å². The van der Waals surface area contributed by atoms with Gasteiger partial charge in [0.2, 0.25) is 0 Å². The number of H-pyrrole nitrogens is 2. The molecule has 2 aromatic rings. The summed E-state index contributed by atoms with van der Waals surface area (Å²) >= 11 is 0. The van der Waals surface area contributed by atoms with E-state index in [-0.39, 0.29) is 17.6 Å². The van der Waals surface area contributed by atoms with Gasteiger partial charge >= 0.3 is 5.69 Å². The van der Waals surface area contributed by atoms with Gasteiger partial charge in [0.1, 0.15) is 5.69 Å². The number of hydrogen-bond donors (Lipinski definition) is 3. The van der Waals surface area contributed by atoms with Gasteiger partial charge in [0.05, 0.1) is 11.7 Å². The zero-order chi connectivity index (χ0) is 13.0. The molecule has 1 amide bonds. The van der Waals surface area contributed by atoms with E-state index in [1.54, 1.807) is 6.20 Å². The largest absolute Gasteiger partial charge is 0.342 e. The Balaban J connectivity index is 2.12. The third kappa shape index (κ3) is 2.65. The Kier molecular flexibility index (Phi) is 3.57. The van der Waals surface area contributed by atoms with E-state index < -0.39 is 5.69 Å². The highest BCUT2D eigenvalue weighted by molar-refractivity contribution is 5.92. The molecule has 0 fully saturated rings. The quantitative estimate of drug-likeness (QED) is 0.751. The molecular weight excluding hydrogens is 232 g/mol. The Morgan fingerprint density at radius 1 is 1.50 bits per heavy atom. The summed E-state index contributed by atoms with van der Waals surface area (Å²) in [6, 6.07) is 5.38. The monoisotopic (exact) mass is 246 g/mol. The Morgan fingerprint density at radius 2 is 2.33 bits per heavy atom. The lowest BCUT2D eigenvalue weighted by molar-refractivity contribution is 0.0930. The Bertz CT molecular complexity index is 573. The van der Waals surface area contributed by atoms with Crippen molar-refractivity contribution in [2.24, 2.45) is 0 Å². The molecule has 0 aliphatic heterocycles. The van der Waals surface area contributed by atoms with E-state index in [1.165, 1.54) is 6.20 Å². The topological polar surface area (TPSA) is 90.6 Å². The van der Waals surface area contributed by atoms with Gasteiger partial charge in [-0.05, 0) is 18.6 Å². The van der Waals surface area contributed by atoms with Crippen LogP contribution in [0.25, 0.3) is 0 Å². The molecule has 6 nitrogen and oxygen atoms in total. The number of carbonyl (C=O) groups is 1. The Morgan fingerprint density at radius 3 is 2.89 bits per heavy atom. The number of aromatic nitrogens is 3. The van der Waals surface area contributed by atoms with E-state index in [0.29, 0.717) is 0 Å². The first-order valence-electron chi connectivity index (χ1n) is 5.70. The summed E-state index contributed by atoms with van der Waals surface area (Å²) < 4.78 is 0. The van der Waals surface area contributed by atoms with Gasteiger partial charge in [-0.15, -0.1) is 0 Å². The maximum absolute atomic E-state index is 11.9. The second kappa shape index (κ2) is 5.31. The number of hydrogen-bond acceptors (Lipinski definition) is 3. The molecule has 3 N–H and O–H groups in total. The first-order valence-corrected chi connectivity index (χ1v) is 5.70. The number of carbonyl (C=O) groups excluding carboxylic acids is 1. The third-order valence-electron chi connectivity index (χ3n) is 2.60. The fourth-order valence-corrected chi connectivity index (χ4v) is 1.66. The van der Waals surface area contributed by atoms with E-state index in [9.17, 15) is 9.59 Å². The van der Waals surface area contributed by atoms with Gasteiger partial charge in [-0.25, -0.2) is 4.79 Å². The van der Waals surface area contributed by atoms with Crippen LogP contribution in [0, 0.1) is 0 Å². The van der Waals surface area contributed by atoms with Gasteiger partial charge in [-0.1, -0.05) is 13.0 Å². The molecule has 0 bridgehead atoms. The minimum Gasteiger partial charge on any atom is -0.342 e. The molecule has 0 spiro atoms.